The number of fused-ring (bicyclic) bond motifs is 2. The first kappa shape index (κ1) is 19.6. The van der Waals surface area contributed by atoms with Gasteiger partial charge in [0.2, 0.25) is 0 Å². The lowest BCUT2D eigenvalue weighted by atomic mass is 10.1. The lowest BCUT2D eigenvalue weighted by Gasteiger charge is -2.26. The zero-order valence-electron chi connectivity index (χ0n) is 16.7. The molecule has 1 amide bonds. The Balaban J connectivity index is 1.51. The van der Waals surface area contributed by atoms with Gasteiger partial charge in [-0.1, -0.05) is 12.8 Å². The first-order valence-corrected chi connectivity index (χ1v) is 10.6. The van der Waals surface area contributed by atoms with Crippen LogP contribution in [0.15, 0.2) is 23.0 Å². The van der Waals surface area contributed by atoms with Crippen molar-refractivity contribution in [2.24, 2.45) is 0 Å². The second-order valence-electron chi connectivity index (χ2n) is 7.90. The van der Waals surface area contributed by atoms with Gasteiger partial charge < -0.3 is 9.64 Å². The monoisotopic (exact) mass is 397 g/mol. The number of rotatable bonds is 3. The van der Waals surface area contributed by atoms with Crippen LogP contribution in [0.25, 0.3) is 10.9 Å². The Morgan fingerprint density at radius 1 is 0.966 bits per heavy atom. The number of aryl methyl sites for hydroxylation is 1. The fraction of sp³-hybridized carbons (Fsp3) is 0.545. The van der Waals surface area contributed by atoms with Crippen LogP contribution in [0.4, 0.5) is 0 Å². The summed E-state index contributed by atoms with van der Waals surface area (Å²) < 4.78 is 7.00. The minimum atomic E-state index is -0.564. The van der Waals surface area contributed by atoms with E-state index in [-0.39, 0.29) is 18.1 Å². The predicted octanol–water partition coefficient (Wildman–Crippen LogP) is 2.68. The topological polar surface area (TPSA) is 81.5 Å². The van der Waals surface area contributed by atoms with Gasteiger partial charge in [0.15, 0.2) is 6.61 Å². The maximum absolute atomic E-state index is 12.9. The highest BCUT2D eigenvalue weighted by Gasteiger charge is 2.19. The highest BCUT2D eigenvalue weighted by Crippen LogP contribution is 2.17. The summed E-state index contributed by atoms with van der Waals surface area (Å²) in [5.74, 6) is 0.0653. The van der Waals surface area contributed by atoms with Crippen LogP contribution in [0, 0.1) is 0 Å². The molecule has 7 nitrogen and oxygen atoms in total. The summed E-state index contributed by atoms with van der Waals surface area (Å²) in [6, 6.07) is 4.82. The third-order valence-corrected chi connectivity index (χ3v) is 5.84. The van der Waals surface area contributed by atoms with Gasteiger partial charge in [-0.15, -0.1) is 0 Å². The van der Waals surface area contributed by atoms with Gasteiger partial charge in [0.25, 0.3) is 11.5 Å². The molecule has 3 heterocycles. The maximum Gasteiger partial charge on any atom is 0.338 e. The number of piperidine rings is 1. The van der Waals surface area contributed by atoms with E-state index in [2.05, 4.69) is 4.98 Å². The molecule has 1 aromatic carbocycles. The molecular weight excluding hydrogens is 370 g/mol. The molecule has 4 rings (SSSR count). The normalized spacial score (nSPS) is 17.3. The number of amides is 1. The average molecular weight is 397 g/mol. The summed E-state index contributed by atoms with van der Waals surface area (Å²) in [6.07, 6.45) is 8.16. The second kappa shape index (κ2) is 8.76. The van der Waals surface area contributed by atoms with Crippen LogP contribution in [0.2, 0.25) is 0 Å². The molecular formula is C22H27N3O4. The summed E-state index contributed by atoms with van der Waals surface area (Å²) in [5, 5.41) is 0.510. The quantitative estimate of drug-likeness (QED) is 0.744. The number of esters is 1. The Morgan fingerprint density at radius 3 is 2.52 bits per heavy atom. The molecule has 0 bridgehead atoms. The number of hydrogen-bond donors (Lipinski definition) is 0. The second-order valence-corrected chi connectivity index (χ2v) is 7.90. The Labute approximate surface area is 169 Å². The van der Waals surface area contributed by atoms with E-state index in [1.807, 2.05) is 0 Å². The number of hydrogen-bond acceptors (Lipinski definition) is 5. The van der Waals surface area contributed by atoms with Gasteiger partial charge in [0, 0.05) is 26.1 Å². The number of nitrogens with zero attached hydrogens (tertiary/aromatic N) is 3. The average Bonchev–Trinajstić information content (AvgIpc) is 2.73. The Bertz CT molecular complexity index is 976. The molecule has 0 radical (unpaired) electrons. The van der Waals surface area contributed by atoms with E-state index in [0.717, 1.165) is 70.3 Å². The molecule has 1 fully saturated rings. The first-order chi connectivity index (χ1) is 14.1. The lowest BCUT2D eigenvalue weighted by Crippen LogP contribution is -2.38. The first-order valence-electron chi connectivity index (χ1n) is 10.6. The SMILES string of the molecule is O=C(OCC(=O)N1CCCCC1)c1ccc2c(=O)n3c(nc2c1)CCCCCC3. The van der Waals surface area contributed by atoms with Gasteiger partial charge in [-0.25, -0.2) is 9.78 Å². The molecule has 1 saturated heterocycles. The van der Waals surface area contributed by atoms with Crippen LogP contribution in [-0.2, 0) is 22.5 Å². The highest BCUT2D eigenvalue weighted by atomic mass is 16.5. The van der Waals surface area contributed by atoms with E-state index in [1.165, 1.54) is 0 Å². The van der Waals surface area contributed by atoms with Crippen molar-refractivity contribution < 1.29 is 14.3 Å². The summed E-state index contributed by atoms with van der Waals surface area (Å²) >= 11 is 0. The van der Waals surface area contributed by atoms with Crippen molar-refractivity contribution in [2.75, 3.05) is 19.7 Å². The van der Waals surface area contributed by atoms with E-state index in [1.54, 1.807) is 27.7 Å². The van der Waals surface area contributed by atoms with E-state index in [4.69, 9.17) is 4.74 Å². The lowest BCUT2D eigenvalue weighted by molar-refractivity contribution is -0.135. The predicted molar refractivity (Wildman–Crippen MR) is 109 cm³/mol. The van der Waals surface area contributed by atoms with Gasteiger partial charge in [-0.3, -0.25) is 14.2 Å². The highest BCUT2D eigenvalue weighted by molar-refractivity contribution is 5.95. The van der Waals surface area contributed by atoms with Gasteiger partial charge >= 0.3 is 5.97 Å². The maximum atomic E-state index is 12.9. The Morgan fingerprint density at radius 2 is 1.69 bits per heavy atom. The zero-order valence-corrected chi connectivity index (χ0v) is 16.7. The molecule has 2 aliphatic rings. The molecule has 2 aliphatic heterocycles. The van der Waals surface area contributed by atoms with Crippen molar-refractivity contribution >= 4 is 22.8 Å². The summed E-state index contributed by atoms with van der Waals surface area (Å²) in [6.45, 7) is 1.90. The van der Waals surface area contributed by atoms with Crippen LogP contribution in [0.5, 0.6) is 0 Å². The van der Waals surface area contributed by atoms with Crippen molar-refractivity contribution in [3.8, 4) is 0 Å². The molecule has 0 saturated carbocycles. The third-order valence-electron chi connectivity index (χ3n) is 5.84. The molecule has 0 N–H and O–H groups in total. The molecule has 154 valence electrons. The number of likely N-dealkylation sites (tertiary alicyclic amines) is 1. The third kappa shape index (κ3) is 4.33. The largest absolute Gasteiger partial charge is 0.452 e. The summed E-state index contributed by atoms with van der Waals surface area (Å²) in [5.41, 5.74) is 0.775. The van der Waals surface area contributed by atoms with Crippen molar-refractivity contribution in [1.29, 1.82) is 0 Å². The summed E-state index contributed by atoms with van der Waals surface area (Å²) in [4.78, 5) is 43.9. The smallest absolute Gasteiger partial charge is 0.338 e. The van der Waals surface area contributed by atoms with Gasteiger partial charge in [-0.2, -0.15) is 0 Å². The molecule has 0 aliphatic carbocycles. The standard InChI is InChI=1S/C22H27N3O4/c26-20(24-11-5-3-6-12-24)15-29-22(28)16-9-10-17-18(14-16)23-19-8-4-1-2-7-13-25(19)21(17)27/h9-10,14H,1-8,11-13,15H2. The number of aromatic nitrogens is 2. The van der Waals surface area contributed by atoms with E-state index >= 15 is 0 Å². The van der Waals surface area contributed by atoms with Crippen LogP contribution in [-0.4, -0.2) is 46.0 Å². The van der Waals surface area contributed by atoms with Crippen molar-refractivity contribution in [1.82, 2.24) is 14.5 Å². The van der Waals surface area contributed by atoms with Crippen molar-refractivity contribution in [3.05, 3.63) is 39.9 Å². The molecule has 0 atom stereocenters. The minimum Gasteiger partial charge on any atom is -0.452 e. The van der Waals surface area contributed by atoms with Crippen molar-refractivity contribution in [3.63, 3.8) is 0 Å². The molecule has 7 heteroatoms. The number of benzene rings is 1. The molecule has 0 spiro atoms. The van der Waals surface area contributed by atoms with Gasteiger partial charge in [0.05, 0.1) is 16.5 Å². The molecule has 29 heavy (non-hydrogen) atoms. The number of carbonyl (C=O) groups excluding carboxylic acids is 2. The number of carbonyl (C=O) groups is 2. The van der Waals surface area contributed by atoms with Crippen LogP contribution < -0.4 is 5.56 Å². The fourth-order valence-corrected chi connectivity index (χ4v) is 4.17. The Hall–Kier alpha value is -2.70. The summed E-state index contributed by atoms with van der Waals surface area (Å²) in [7, 11) is 0. The minimum absolute atomic E-state index is 0.0490. The van der Waals surface area contributed by atoms with Crippen LogP contribution >= 0.6 is 0 Å². The van der Waals surface area contributed by atoms with Crippen LogP contribution in [0.1, 0.15) is 61.1 Å². The van der Waals surface area contributed by atoms with Gasteiger partial charge in [-0.05, 0) is 50.3 Å². The van der Waals surface area contributed by atoms with E-state index < -0.39 is 5.97 Å². The molecule has 2 aromatic rings. The number of ether oxygens (including phenoxy) is 1. The zero-order chi connectivity index (χ0) is 20.2. The van der Waals surface area contributed by atoms with Crippen molar-refractivity contribution in [2.45, 2.75) is 57.9 Å². The fourth-order valence-electron chi connectivity index (χ4n) is 4.17. The molecule has 1 aromatic heterocycles. The van der Waals surface area contributed by atoms with E-state index in [0.29, 0.717) is 23.0 Å². The van der Waals surface area contributed by atoms with E-state index in [9.17, 15) is 14.4 Å². The van der Waals surface area contributed by atoms with Gasteiger partial charge in [0.1, 0.15) is 5.82 Å². The molecule has 0 unspecified atom stereocenters. The van der Waals surface area contributed by atoms with Crippen LogP contribution in [0.3, 0.4) is 0 Å². The Kier molecular flexibility index (Phi) is 5.92.